The smallest absolute Gasteiger partial charge is 0.314 e. The van der Waals surface area contributed by atoms with Gasteiger partial charge in [-0.25, -0.2) is 8.42 Å². The Labute approximate surface area is 173 Å². The summed E-state index contributed by atoms with van der Waals surface area (Å²) in [6.45, 7) is 8.06. The van der Waals surface area contributed by atoms with Crippen LogP contribution in [-0.2, 0) is 26.0 Å². The molecule has 6 heteroatoms. The van der Waals surface area contributed by atoms with Crippen LogP contribution in [0.2, 0.25) is 0 Å². The van der Waals surface area contributed by atoms with Crippen molar-refractivity contribution in [2.24, 2.45) is 11.3 Å². The molecule has 0 N–H and O–H groups in total. The molecule has 29 heavy (non-hydrogen) atoms. The van der Waals surface area contributed by atoms with Crippen molar-refractivity contribution in [2.75, 3.05) is 19.7 Å². The Kier molecular flexibility index (Phi) is 6.24. The first-order valence-corrected chi connectivity index (χ1v) is 11.2. The molecular formula is C23H27NO4S. The summed E-state index contributed by atoms with van der Waals surface area (Å²) in [4.78, 5) is 13.3. The molecule has 1 aliphatic rings. The number of hydrogen-bond donors (Lipinski definition) is 0. The maximum atomic E-state index is 13.3. The number of sulfonamides is 1. The van der Waals surface area contributed by atoms with E-state index in [2.05, 4.69) is 6.58 Å². The fourth-order valence-corrected chi connectivity index (χ4v) is 5.48. The summed E-state index contributed by atoms with van der Waals surface area (Å²) in [5.41, 5.74) is 0.943. The molecule has 0 aliphatic carbocycles. The lowest BCUT2D eigenvalue weighted by Gasteiger charge is -2.31. The second-order valence-corrected chi connectivity index (χ2v) is 9.43. The largest absolute Gasteiger partial charge is 0.465 e. The van der Waals surface area contributed by atoms with Crippen molar-refractivity contribution < 1.29 is 17.9 Å². The molecule has 1 aliphatic heterocycles. The Bertz CT molecular complexity index is 970. The highest BCUT2D eigenvalue weighted by molar-refractivity contribution is 7.89. The van der Waals surface area contributed by atoms with Gasteiger partial charge >= 0.3 is 5.97 Å². The Morgan fingerprint density at radius 2 is 1.86 bits per heavy atom. The standard InChI is InChI=1S/C23H27NO4S/c1-4-20-16-24(29(26,27)21-13-11-18(3)12-14-21)17-23(20,22(25)28-5-2)15-19-9-7-6-8-10-19/h4,6-14,20H,1,5,15-17H2,2-3H3/t20-,23+/m1/s1. The molecule has 154 valence electrons. The van der Waals surface area contributed by atoms with Gasteiger partial charge in [0.2, 0.25) is 10.0 Å². The van der Waals surface area contributed by atoms with Crippen molar-refractivity contribution in [1.82, 2.24) is 4.31 Å². The van der Waals surface area contributed by atoms with Crippen molar-refractivity contribution in [1.29, 1.82) is 0 Å². The van der Waals surface area contributed by atoms with Gasteiger partial charge in [-0.2, -0.15) is 4.31 Å². The molecule has 0 radical (unpaired) electrons. The number of nitrogens with zero attached hydrogens (tertiary/aromatic N) is 1. The summed E-state index contributed by atoms with van der Waals surface area (Å²) in [7, 11) is -3.73. The van der Waals surface area contributed by atoms with Gasteiger partial charge in [-0.15, -0.1) is 6.58 Å². The quantitative estimate of drug-likeness (QED) is 0.514. The van der Waals surface area contributed by atoms with Crippen LogP contribution in [0, 0.1) is 18.3 Å². The van der Waals surface area contributed by atoms with Gasteiger partial charge < -0.3 is 4.74 Å². The molecule has 0 aromatic heterocycles. The summed E-state index contributed by atoms with van der Waals surface area (Å²) in [5.74, 6) is -0.725. The highest BCUT2D eigenvalue weighted by atomic mass is 32.2. The molecule has 0 amide bonds. The lowest BCUT2D eigenvalue weighted by Crippen LogP contribution is -2.42. The van der Waals surface area contributed by atoms with Crippen LogP contribution in [-0.4, -0.2) is 38.4 Å². The normalized spacial score (nSPS) is 22.3. The van der Waals surface area contributed by atoms with Crippen LogP contribution in [0.3, 0.4) is 0 Å². The van der Waals surface area contributed by atoms with Gasteiger partial charge in [0.15, 0.2) is 0 Å². The third kappa shape index (κ3) is 4.14. The van der Waals surface area contributed by atoms with Crippen LogP contribution in [0.1, 0.15) is 18.1 Å². The zero-order valence-corrected chi connectivity index (χ0v) is 17.7. The average molecular weight is 414 g/mol. The number of carbonyl (C=O) groups is 1. The van der Waals surface area contributed by atoms with Crippen molar-refractivity contribution in [3.63, 3.8) is 0 Å². The van der Waals surface area contributed by atoms with Crippen LogP contribution < -0.4 is 0 Å². The molecule has 0 saturated carbocycles. The van der Waals surface area contributed by atoms with Crippen LogP contribution in [0.5, 0.6) is 0 Å². The van der Waals surface area contributed by atoms with Crippen molar-refractivity contribution in [2.45, 2.75) is 25.2 Å². The fraction of sp³-hybridized carbons (Fsp3) is 0.348. The van der Waals surface area contributed by atoms with Crippen LogP contribution >= 0.6 is 0 Å². The van der Waals surface area contributed by atoms with E-state index >= 15 is 0 Å². The van der Waals surface area contributed by atoms with Gasteiger partial charge in [-0.05, 0) is 38.0 Å². The first kappa shape index (κ1) is 21.3. The molecule has 5 nitrogen and oxygen atoms in total. The number of esters is 1. The molecule has 1 fully saturated rings. The van der Waals surface area contributed by atoms with Gasteiger partial charge in [0.1, 0.15) is 0 Å². The molecule has 3 rings (SSSR count). The van der Waals surface area contributed by atoms with Gasteiger partial charge in [0.05, 0.1) is 16.9 Å². The number of aryl methyl sites for hydroxylation is 1. The van der Waals surface area contributed by atoms with Crippen molar-refractivity contribution >= 4 is 16.0 Å². The van der Waals surface area contributed by atoms with E-state index in [0.717, 1.165) is 11.1 Å². The average Bonchev–Trinajstić information content (AvgIpc) is 3.10. The molecule has 2 atom stereocenters. The second kappa shape index (κ2) is 8.51. The summed E-state index contributed by atoms with van der Waals surface area (Å²) in [6.07, 6.45) is 2.08. The number of ether oxygens (including phenoxy) is 1. The van der Waals surface area contributed by atoms with Gasteiger partial charge in [0.25, 0.3) is 0 Å². The topological polar surface area (TPSA) is 63.7 Å². The minimum atomic E-state index is -3.73. The molecule has 0 unspecified atom stereocenters. The monoisotopic (exact) mass is 413 g/mol. The maximum Gasteiger partial charge on any atom is 0.314 e. The summed E-state index contributed by atoms with van der Waals surface area (Å²) < 4.78 is 33.3. The predicted molar refractivity (Wildman–Crippen MR) is 113 cm³/mol. The number of carbonyl (C=O) groups excluding carboxylic acids is 1. The third-order valence-corrected chi connectivity index (χ3v) is 7.38. The predicted octanol–water partition coefficient (Wildman–Crippen LogP) is 3.59. The highest BCUT2D eigenvalue weighted by Gasteiger charge is 2.54. The van der Waals surface area contributed by atoms with Gasteiger partial charge in [0, 0.05) is 19.0 Å². The highest BCUT2D eigenvalue weighted by Crippen LogP contribution is 2.43. The Hall–Kier alpha value is -2.44. The maximum absolute atomic E-state index is 13.3. The van der Waals surface area contributed by atoms with E-state index in [-0.39, 0.29) is 36.5 Å². The Morgan fingerprint density at radius 3 is 2.45 bits per heavy atom. The first-order valence-electron chi connectivity index (χ1n) is 9.74. The van der Waals surface area contributed by atoms with Crippen molar-refractivity contribution in [3.8, 4) is 0 Å². The van der Waals surface area contributed by atoms with Gasteiger partial charge in [-0.1, -0.05) is 54.1 Å². The van der Waals surface area contributed by atoms with E-state index in [0.29, 0.717) is 6.42 Å². The van der Waals surface area contributed by atoms with Crippen LogP contribution in [0.4, 0.5) is 0 Å². The molecule has 1 heterocycles. The Morgan fingerprint density at radius 1 is 1.21 bits per heavy atom. The van der Waals surface area contributed by atoms with E-state index in [4.69, 9.17) is 4.74 Å². The zero-order chi connectivity index (χ0) is 21.1. The first-order chi connectivity index (χ1) is 13.8. The lowest BCUT2D eigenvalue weighted by atomic mass is 9.73. The molecular weight excluding hydrogens is 386 g/mol. The summed E-state index contributed by atoms with van der Waals surface area (Å²) >= 11 is 0. The SMILES string of the molecule is C=C[C@@H]1CN(S(=O)(=O)c2ccc(C)cc2)C[C@]1(Cc1ccccc1)C(=O)OCC. The zero-order valence-electron chi connectivity index (χ0n) is 16.9. The number of benzene rings is 2. The van der Waals surface area contributed by atoms with E-state index in [1.54, 1.807) is 37.3 Å². The molecule has 2 aromatic carbocycles. The number of hydrogen-bond acceptors (Lipinski definition) is 4. The van der Waals surface area contributed by atoms with Crippen LogP contribution in [0.25, 0.3) is 0 Å². The summed E-state index contributed by atoms with van der Waals surface area (Å²) in [6, 6.07) is 16.4. The van der Waals surface area contributed by atoms with E-state index in [9.17, 15) is 13.2 Å². The fourth-order valence-electron chi connectivity index (χ4n) is 3.94. The lowest BCUT2D eigenvalue weighted by molar-refractivity contribution is -0.156. The van der Waals surface area contributed by atoms with E-state index in [1.165, 1.54) is 4.31 Å². The molecule has 1 saturated heterocycles. The molecule has 2 aromatic rings. The van der Waals surface area contributed by atoms with Crippen LogP contribution in [0.15, 0.2) is 72.1 Å². The third-order valence-electron chi connectivity index (χ3n) is 5.56. The van der Waals surface area contributed by atoms with Gasteiger partial charge in [-0.3, -0.25) is 4.79 Å². The van der Waals surface area contributed by atoms with E-state index < -0.39 is 15.4 Å². The Balaban J connectivity index is 2.01. The minimum absolute atomic E-state index is 0.0631. The molecule has 0 bridgehead atoms. The summed E-state index contributed by atoms with van der Waals surface area (Å²) in [5, 5.41) is 0. The van der Waals surface area contributed by atoms with E-state index in [1.807, 2.05) is 37.3 Å². The minimum Gasteiger partial charge on any atom is -0.465 e. The number of rotatable bonds is 7. The second-order valence-electron chi connectivity index (χ2n) is 7.49. The van der Waals surface area contributed by atoms with Crippen molar-refractivity contribution in [3.05, 3.63) is 78.4 Å². The molecule has 0 spiro atoms.